The van der Waals surface area contributed by atoms with E-state index in [2.05, 4.69) is 55.9 Å². The van der Waals surface area contributed by atoms with E-state index in [0.29, 0.717) is 24.7 Å². The summed E-state index contributed by atoms with van der Waals surface area (Å²) >= 11 is 7.08. The Morgan fingerprint density at radius 1 is 0.862 bits per heavy atom. The van der Waals surface area contributed by atoms with Crippen molar-refractivity contribution in [2.45, 2.75) is 26.9 Å². The van der Waals surface area contributed by atoms with Crippen LogP contribution in [0.15, 0.2) is 74.6 Å². The van der Waals surface area contributed by atoms with Crippen LogP contribution >= 0.6 is 31.9 Å². The highest BCUT2D eigenvalue weighted by atomic mass is 79.9. The number of nitrogens with zero attached hydrogens (tertiary/aromatic N) is 1. The van der Waals surface area contributed by atoms with Crippen molar-refractivity contribution in [2.24, 2.45) is 4.99 Å². The molecule has 0 heterocycles. The third-order valence-electron chi connectivity index (χ3n) is 4.34. The molecule has 3 aromatic carbocycles. The molecule has 0 saturated heterocycles. The summed E-state index contributed by atoms with van der Waals surface area (Å²) in [6.45, 7) is 5.12. The molecule has 0 aliphatic heterocycles. The van der Waals surface area contributed by atoms with Crippen molar-refractivity contribution < 1.29 is 9.47 Å². The number of rotatable bonds is 8. The minimum absolute atomic E-state index is 0.461. The van der Waals surface area contributed by atoms with Gasteiger partial charge in [0.1, 0.15) is 6.61 Å². The first-order valence-electron chi connectivity index (χ1n) is 9.55. The largest absolute Gasteiger partial charge is 0.490 e. The van der Waals surface area contributed by atoms with Gasteiger partial charge in [-0.05, 0) is 82.4 Å². The van der Waals surface area contributed by atoms with E-state index < -0.39 is 0 Å². The highest BCUT2D eigenvalue weighted by Crippen LogP contribution is 2.37. The van der Waals surface area contributed by atoms with Crippen LogP contribution in [-0.2, 0) is 13.0 Å². The molecule has 0 bridgehead atoms. The van der Waals surface area contributed by atoms with Crippen molar-refractivity contribution in [3.63, 3.8) is 0 Å². The minimum atomic E-state index is 0.461. The van der Waals surface area contributed by atoms with Gasteiger partial charge in [-0.25, -0.2) is 0 Å². The van der Waals surface area contributed by atoms with E-state index in [1.54, 1.807) is 0 Å². The van der Waals surface area contributed by atoms with Gasteiger partial charge in [0.05, 0.1) is 16.8 Å². The zero-order valence-corrected chi connectivity index (χ0v) is 19.7. The molecule has 0 spiro atoms. The fraction of sp³-hybridized carbons (Fsp3) is 0.208. The maximum absolute atomic E-state index is 6.06. The summed E-state index contributed by atoms with van der Waals surface area (Å²) in [4.78, 5) is 4.58. The van der Waals surface area contributed by atoms with Gasteiger partial charge in [0.2, 0.25) is 0 Å². The summed E-state index contributed by atoms with van der Waals surface area (Å²) in [7, 11) is 0. The van der Waals surface area contributed by atoms with Crippen LogP contribution in [0.2, 0.25) is 0 Å². The van der Waals surface area contributed by atoms with Gasteiger partial charge >= 0.3 is 0 Å². The maximum atomic E-state index is 6.06. The summed E-state index contributed by atoms with van der Waals surface area (Å²) in [5.74, 6) is 1.39. The normalized spacial score (nSPS) is 11.0. The monoisotopic (exact) mass is 515 g/mol. The third kappa shape index (κ3) is 6.18. The lowest BCUT2D eigenvalue weighted by Gasteiger charge is -2.14. The van der Waals surface area contributed by atoms with E-state index in [1.165, 1.54) is 5.56 Å². The maximum Gasteiger partial charge on any atom is 0.175 e. The van der Waals surface area contributed by atoms with Crippen LogP contribution in [0.1, 0.15) is 30.5 Å². The number of aryl methyl sites for hydroxylation is 1. The second kappa shape index (κ2) is 10.6. The zero-order valence-electron chi connectivity index (χ0n) is 16.5. The molecule has 0 atom stereocenters. The Labute approximate surface area is 189 Å². The quantitative estimate of drug-likeness (QED) is 0.290. The lowest BCUT2D eigenvalue weighted by molar-refractivity contribution is 0.267. The summed E-state index contributed by atoms with van der Waals surface area (Å²) in [5.41, 5.74) is 4.25. The topological polar surface area (TPSA) is 30.8 Å². The number of halogens is 2. The van der Waals surface area contributed by atoms with Crippen LogP contribution in [-0.4, -0.2) is 12.8 Å². The van der Waals surface area contributed by atoms with E-state index in [1.807, 2.05) is 61.7 Å². The lowest BCUT2D eigenvalue weighted by atomic mass is 10.1. The molecule has 0 unspecified atom stereocenters. The van der Waals surface area contributed by atoms with Gasteiger partial charge < -0.3 is 9.47 Å². The molecule has 0 aromatic heterocycles. The van der Waals surface area contributed by atoms with E-state index in [4.69, 9.17) is 9.47 Å². The molecule has 0 saturated carbocycles. The summed E-state index contributed by atoms with van der Waals surface area (Å²) in [5, 5.41) is 0. The van der Waals surface area contributed by atoms with Crippen LogP contribution in [0, 0.1) is 0 Å². The number of benzene rings is 3. The molecule has 29 heavy (non-hydrogen) atoms. The average Bonchev–Trinajstić information content (AvgIpc) is 2.73. The van der Waals surface area contributed by atoms with Gasteiger partial charge in [-0.3, -0.25) is 4.99 Å². The number of ether oxygens (including phenoxy) is 2. The van der Waals surface area contributed by atoms with Gasteiger partial charge in [-0.2, -0.15) is 0 Å². The fourth-order valence-electron chi connectivity index (χ4n) is 2.77. The number of aliphatic imine (C=N–C) groups is 1. The number of hydrogen-bond donors (Lipinski definition) is 0. The van der Waals surface area contributed by atoms with Crippen LogP contribution in [0.5, 0.6) is 11.5 Å². The molecule has 5 heteroatoms. The predicted molar refractivity (Wildman–Crippen MR) is 127 cm³/mol. The van der Waals surface area contributed by atoms with E-state index in [0.717, 1.165) is 32.2 Å². The second-order valence-corrected chi connectivity index (χ2v) is 8.23. The van der Waals surface area contributed by atoms with Crippen LogP contribution < -0.4 is 9.47 Å². The van der Waals surface area contributed by atoms with Crippen LogP contribution in [0.3, 0.4) is 0 Å². The molecule has 150 valence electrons. The summed E-state index contributed by atoms with van der Waals surface area (Å²) < 4.78 is 13.8. The Hall–Kier alpha value is -2.11. The van der Waals surface area contributed by atoms with E-state index >= 15 is 0 Å². The summed E-state index contributed by atoms with van der Waals surface area (Å²) in [6.07, 6.45) is 2.86. The smallest absolute Gasteiger partial charge is 0.175 e. The molecular formula is C24H23Br2NO2. The first kappa shape index (κ1) is 21.6. The molecule has 0 aliphatic carbocycles. The highest BCUT2D eigenvalue weighted by Gasteiger charge is 2.12. The first-order chi connectivity index (χ1) is 14.1. The Bertz CT molecular complexity index is 967. The molecule has 0 N–H and O–H groups in total. The zero-order chi connectivity index (χ0) is 20.6. The van der Waals surface area contributed by atoms with Crippen molar-refractivity contribution in [3.05, 3.63) is 86.3 Å². The van der Waals surface area contributed by atoms with Crippen molar-refractivity contribution in [1.82, 2.24) is 0 Å². The highest BCUT2D eigenvalue weighted by molar-refractivity contribution is 9.10. The molecule has 0 amide bonds. The van der Waals surface area contributed by atoms with Gasteiger partial charge in [0.15, 0.2) is 11.5 Å². The third-order valence-corrected chi connectivity index (χ3v) is 5.45. The van der Waals surface area contributed by atoms with Gasteiger partial charge in [0, 0.05) is 10.7 Å². The second-order valence-electron chi connectivity index (χ2n) is 6.46. The molecule has 3 nitrogen and oxygen atoms in total. The molecule has 3 aromatic rings. The predicted octanol–water partition coefficient (Wildman–Crippen LogP) is 7.50. The van der Waals surface area contributed by atoms with E-state index in [-0.39, 0.29) is 0 Å². The number of hydrogen-bond acceptors (Lipinski definition) is 3. The Morgan fingerprint density at radius 3 is 2.21 bits per heavy atom. The molecule has 0 radical (unpaired) electrons. The lowest BCUT2D eigenvalue weighted by Crippen LogP contribution is -2.01. The van der Waals surface area contributed by atoms with Gasteiger partial charge in [-0.1, -0.05) is 47.1 Å². The SMILES string of the molecule is CCOc1cc(C=Nc2ccc(CC)cc2)cc(Br)c1OCc1ccc(Br)cc1. The van der Waals surface area contributed by atoms with E-state index in [9.17, 15) is 0 Å². The Morgan fingerprint density at radius 2 is 1.55 bits per heavy atom. The van der Waals surface area contributed by atoms with Gasteiger partial charge in [-0.15, -0.1) is 0 Å². The average molecular weight is 517 g/mol. The fourth-order valence-corrected chi connectivity index (χ4v) is 3.61. The minimum Gasteiger partial charge on any atom is -0.490 e. The summed E-state index contributed by atoms with van der Waals surface area (Å²) in [6, 6.07) is 20.3. The molecule has 0 fully saturated rings. The molecule has 0 aliphatic rings. The van der Waals surface area contributed by atoms with Crippen LogP contribution in [0.25, 0.3) is 0 Å². The molecule has 3 rings (SSSR count). The van der Waals surface area contributed by atoms with Crippen LogP contribution in [0.4, 0.5) is 5.69 Å². The standard InChI is InChI=1S/C24H23Br2NO2/c1-3-17-7-11-21(12-8-17)27-15-19-13-22(26)24(23(14-19)28-4-2)29-16-18-5-9-20(25)10-6-18/h5-15H,3-4,16H2,1-2H3. The van der Waals surface area contributed by atoms with Gasteiger partial charge in [0.25, 0.3) is 0 Å². The van der Waals surface area contributed by atoms with Crippen molar-refractivity contribution >= 4 is 43.8 Å². The van der Waals surface area contributed by atoms with Crippen molar-refractivity contribution in [2.75, 3.05) is 6.61 Å². The Kier molecular flexibility index (Phi) is 7.90. The first-order valence-corrected chi connectivity index (χ1v) is 11.1. The Balaban J connectivity index is 1.79. The van der Waals surface area contributed by atoms with Crippen molar-refractivity contribution in [3.8, 4) is 11.5 Å². The molecular weight excluding hydrogens is 494 g/mol. The van der Waals surface area contributed by atoms with Crippen molar-refractivity contribution in [1.29, 1.82) is 0 Å².